The van der Waals surface area contributed by atoms with E-state index in [1.807, 2.05) is 30.4 Å². The molecule has 122 valence electrons. The molecule has 0 radical (unpaired) electrons. The van der Waals surface area contributed by atoms with E-state index >= 15 is 0 Å². The fourth-order valence-corrected chi connectivity index (χ4v) is 2.19. The summed E-state index contributed by atoms with van der Waals surface area (Å²) < 4.78 is 0. The number of pyridine rings is 1. The topological polar surface area (TPSA) is 125 Å². The minimum absolute atomic E-state index is 0.479. The Morgan fingerprint density at radius 1 is 1.29 bits per heavy atom. The highest BCUT2D eigenvalue weighted by Gasteiger charge is 2.05. The van der Waals surface area contributed by atoms with Crippen molar-refractivity contribution in [2.75, 3.05) is 0 Å². The molecule has 7 N–H and O–H groups in total. The van der Waals surface area contributed by atoms with Crippen molar-refractivity contribution < 1.29 is 0 Å². The van der Waals surface area contributed by atoms with Crippen LogP contribution in [-0.2, 0) is 0 Å². The predicted octanol–water partition coefficient (Wildman–Crippen LogP) is 2.30. The van der Waals surface area contributed by atoms with Crippen molar-refractivity contribution in [1.29, 1.82) is 10.8 Å². The van der Waals surface area contributed by atoms with Gasteiger partial charge in [0.2, 0.25) is 0 Å². The Hall–Kier alpha value is -3.41. The van der Waals surface area contributed by atoms with Crippen LogP contribution in [-0.4, -0.2) is 16.9 Å². The second-order valence-corrected chi connectivity index (χ2v) is 5.00. The standard InChI is InChI=1S/C18H20N6/c19-9-13-1-2-16(3-4-18(13)22)24-8-5-14-12-23-7-6-17(14)15(10-20)11-21/h1-3,5-12,20,22,24H,4,19,21H2/b8-5+,13-9?,15-11+,20-10?,22-18?. The molecule has 1 aromatic heterocycles. The maximum atomic E-state index is 7.87. The van der Waals surface area contributed by atoms with Gasteiger partial charge in [0.1, 0.15) is 0 Å². The number of hydrogen-bond acceptors (Lipinski definition) is 6. The average Bonchev–Trinajstić information content (AvgIpc) is 2.79. The van der Waals surface area contributed by atoms with Gasteiger partial charge in [-0.15, -0.1) is 0 Å². The van der Waals surface area contributed by atoms with Gasteiger partial charge >= 0.3 is 0 Å². The maximum Gasteiger partial charge on any atom is 0.0439 e. The Bertz CT molecular complexity index is 780. The predicted molar refractivity (Wildman–Crippen MR) is 99.2 cm³/mol. The molecule has 0 spiro atoms. The van der Waals surface area contributed by atoms with Gasteiger partial charge in [-0.1, -0.05) is 6.08 Å². The van der Waals surface area contributed by atoms with Crippen LogP contribution in [0.1, 0.15) is 17.5 Å². The van der Waals surface area contributed by atoms with Gasteiger partial charge in [0.05, 0.1) is 0 Å². The van der Waals surface area contributed by atoms with Gasteiger partial charge in [-0.25, -0.2) is 0 Å². The SMILES string of the molecule is N=C/C(=C\N)c1ccncc1/C=C/NC1=CCC(=N)C(=CN)C=C1. The van der Waals surface area contributed by atoms with Crippen LogP contribution < -0.4 is 16.8 Å². The molecule has 6 nitrogen and oxygen atoms in total. The largest absolute Gasteiger partial charge is 0.404 e. The van der Waals surface area contributed by atoms with Gasteiger partial charge in [-0.3, -0.25) is 4.98 Å². The summed E-state index contributed by atoms with van der Waals surface area (Å²) in [6.45, 7) is 0. The van der Waals surface area contributed by atoms with Crippen molar-refractivity contribution in [3.63, 3.8) is 0 Å². The van der Waals surface area contributed by atoms with Crippen LogP contribution in [0.3, 0.4) is 0 Å². The smallest absolute Gasteiger partial charge is 0.0439 e. The number of aromatic nitrogens is 1. The first-order valence-electron chi connectivity index (χ1n) is 7.37. The first kappa shape index (κ1) is 17.0. The highest BCUT2D eigenvalue weighted by molar-refractivity contribution is 6.09. The number of rotatable bonds is 5. The molecule has 0 amide bonds. The molecule has 24 heavy (non-hydrogen) atoms. The summed E-state index contributed by atoms with van der Waals surface area (Å²) in [5.74, 6) is 0. The summed E-state index contributed by atoms with van der Waals surface area (Å²) >= 11 is 0. The average molecular weight is 320 g/mol. The summed E-state index contributed by atoms with van der Waals surface area (Å²) in [6, 6.07) is 1.81. The van der Waals surface area contributed by atoms with Crippen molar-refractivity contribution in [2.24, 2.45) is 11.5 Å². The fourth-order valence-electron chi connectivity index (χ4n) is 2.19. The van der Waals surface area contributed by atoms with Crippen LogP contribution in [0.25, 0.3) is 11.6 Å². The Morgan fingerprint density at radius 2 is 2.12 bits per heavy atom. The van der Waals surface area contributed by atoms with E-state index in [0.29, 0.717) is 23.3 Å². The van der Waals surface area contributed by atoms with Crippen LogP contribution in [0.2, 0.25) is 0 Å². The first-order chi connectivity index (χ1) is 11.7. The van der Waals surface area contributed by atoms with Crippen LogP contribution in [0, 0.1) is 10.8 Å². The van der Waals surface area contributed by atoms with Gasteiger partial charge in [0.25, 0.3) is 0 Å². The van der Waals surface area contributed by atoms with Gasteiger partial charge in [0.15, 0.2) is 0 Å². The van der Waals surface area contributed by atoms with Crippen molar-refractivity contribution in [2.45, 2.75) is 6.42 Å². The lowest BCUT2D eigenvalue weighted by Crippen LogP contribution is -2.02. The lowest BCUT2D eigenvalue weighted by Gasteiger charge is -2.05. The molecule has 0 saturated heterocycles. The molecule has 2 rings (SSSR count). The van der Waals surface area contributed by atoms with E-state index in [2.05, 4.69) is 10.3 Å². The molecular formula is C18H20N6. The summed E-state index contributed by atoms with van der Waals surface area (Å²) in [5, 5.41) is 18.5. The molecule has 0 fully saturated rings. The van der Waals surface area contributed by atoms with E-state index in [9.17, 15) is 0 Å². The summed E-state index contributed by atoms with van der Waals surface area (Å²) in [4.78, 5) is 4.11. The van der Waals surface area contributed by atoms with E-state index in [1.54, 1.807) is 18.6 Å². The molecule has 0 aliphatic heterocycles. The number of allylic oxidation sites excluding steroid dienone is 5. The first-order valence-corrected chi connectivity index (χ1v) is 7.37. The maximum absolute atomic E-state index is 7.87. The monoisotopic (exact) mass is 320 g/mol. The molecule has 1 heterocycles. The normalized spacial score (nSPS) is 17.0. The molecule has 0 unspecified atom stereocenters. The summed E-state index contributed by atoms with van der Waals surface area (Å²) in [7, 11) is 0. The van der Waals surface area contributed by atoms with Crippen LogP contribution >= 0.6 is 0 Å². The zero-order valence-electron chi connectivity index (χ0n) is 13.2. The van der Waals surface area contributed by atoms with Crippen LogP contribution in [0.4, 0.5) is 0 Å². The molecule has 0 aromatic carbocycles. The third-order valence-electron chi connectivity index (χ3n) is 3.51. The minimum Gasteiger partial charge on any atom is -0.404 e. The second-order valence-electron chi connectivity index (χ2n) is 5.00. The third-order valence-corrected chi connectivity index (χ3v) is 3.51. The Balaban J connectivity index is 2.16. The second kappa shape index (κ2) is 8.28. The lowest BCUT2D eigenvalue weighted by atomic mass is 10.0. The lowest BCUT2D eigenvalue weighted by molar-refractivity contribution is 1.10. The molecule has 0 atom stereocenters. The molecule has 1 aromatic rings. The molecule has 1 aliphatic carbocycles. The number of nitrogens with one attached hydrogen (secondary N) is 3. The van der Waals surface area contributed by atoms with E-state index in [-0.39, 0.29) is 0 Å². The van der Waals surface area contributed by atoms with Crippen molar-refractivity contribution in [3.8, 4) is 0 Å². The molecule has 1 aliphatic rings. The Labute approximate surface area is 141 Å². The van der Waals surface area contributed by atoms with Crippen molar-refractivity contribution in [3.05, 3.63) is 77.7 Å². The highest BCUT2D eigenvalue weighted by Crippen LogP contribution is 2.17. The van der Waals surface area contributed by atoms with Gasteiger partial charge in [-0.2, -0.15) is 0 Å². The molecule has 0 bridgehead atoms. The van der Waals surface area contributed by atoms with Gasteiger partial charge < -0.3 is 27.6 Å². The zero-order chi connectivity index (χ0) is 17.4. The van der Waals surface area contributed by atoms with E-state index in [1.165, 1.54) is 18.6 Å². The Kier molecular flexibility index (Phi) is 5.85. The van der Waals surface area contributed by atoms with E-state index in [0.717, 1.165) is 16.8 Å². The van der Waals surface area contributed by atoms with Crippen molar-refractivity contribution in [1.82, 2.24) is 10.3 Å². The number of nitrogens with zero attached hydrogens (tertiary/aromatic N) is 1. The minimum atomic E-state index is 0.479. The number of hydrogen-bond donors (Lipinski definition) is 5. The third kappa shape index (κ3) is 4.07. The van der Waals surface area contributed by atoms with Gasteiger partial charge in [0, 0.05) is 71.7 Å². The van der Waals surface area contributed by atoms with Crippen LogP contribution in [0.5, 0.6) is 0 Å². The molecule has 6 heteroatoms. The van der Waals surface area contributed by atoms with Crippen LogP contribution in [0.15, 0.2) is 66.6 Å². The van der Waals surface area contributed by atoms with E-state index < -0.39 is 0 Å². The fraction of sp³-hybridized carbons (Fsp3) is 0.0556. The highest BCUT2D eigenvalue weighted by atomic mass is 14.8. The quantitative estimate of drug-likeness (QED) is 0.534. The Morgan fingerprint density at radius 3 is 2.83 bits per heavy atom. The zero-order valence-corrected chi connectivity index (χ0v) is 13.2. The summed E-state index contributed by atoms with van der Waals surface area (Å²) in [6.07, 6.45) is 17.2. The van der Waals surface area contributed by atoms with Crippen molar-refractivity contribution >= 4 is 23.6 Å². The van der Waals surface area contributed by atoms with Gasteiger partial charge in [-0.05, 0) is 29.9 Å². The summed E-state index contributed by atoms with van der Waals surface area (Å²) in [5.41, 5.74) is 15.4. The van der Waals surface area contributed by atoms with E-state index in [4.69, 9.17) is 22.3 Å². The number of nitrogens with two attached hydrogens (primary N) is 2. The molecular weight excluding hydrogens is 300 g/mol. The molecule has 0 saturated carbocycles.